The van der Waals surface area contributed by atoms with Crippen LogP contribution in [0.5, 0.6) is 0 Å². The van der Waals surface area contributed by atoms with Crippen molar-refractivity contribution in [1.82, 2.24) is 4.31 Å². The van der Waals surface area contributed by atoms with Crippen LogP contribution >= 0.6 is 0 Å². The van der Waals surface area contributed by atoms with E-state index < -0.39 is 10.0 Å². The third-order valence-corrected chi connectivity index (χ3v) is 6.63. The van der Waals surface area contributed by atoms with E-state index in [4.69, 9.17) is 4.42 Å². The van der Waals surface area contributed by atoms with Crippen LogP contribution in [0.2, 0.25) is 0 Å². The monoisotopic (exact) mass is 325 g/mol. The molecule has 0 aliphatic heterocycles. The first kappa shape index (κ1) is 16.1. The van der Waals surface area contributed by atoms with Gasteiger partial charge in [-0.15, -0.1) is 0 Å². The fourth-order valence-electron chi connectivity index (χ4n) is 2.87. The molecule has 3 rings (SSSR count). The minimum atomic E-state index is -3.19. The molecular weight excluding hydrogens is 298 g/mol. The standard InChI is InChI=1S/C17H27NO3S/c1-12(2)8-9-22(19,20)18(14-4-5-14)11-15-6-7-17(21-15)16-10-13(16)3/h6-7,12-14,16H,4-5,8-11H2,1-3H3. The van der Waals surface area contributed by atoms with Crippen molar-refractivity contribution in [1.29, 1.82) is 0 Å². The van der Waals surface area contributed by atoms with E-state index in [2.05, 4.69) is 20.8 Å². The molecule has 2 aliphatic rings. The van der Waals surface area contributed by atoms with Gasteiger partial charge in [0.2, 0.25) is 10.0 Å². The minimum absolute atomic E-state index is 0.186. The van der Waals surface area contributed by atoms with E-state index in [-0.39, 0.29) is 11.8 Å². The first-order valence-corrected chi connectivity index (χ1v) is 10.1. The highest BCUT2D eigenvalue weighted by molar-refractivity contribution is 7.89. The molecule has 2 unspecified atom stereocenters. The molecule has 0 spiro atoms. The molecule has 2 fully saturated rings. The van der Waals surface area contributed by atoms with Crippen LogP contribution < -0.4 is 0 Å². The van der Waals surface area contributed by atoms with Crippen LogP contribution in [0, 0.1) is 11.8 Å². The zero-order valence-corrected chi connectivity index (χ0v) is 14.6. The van der Waals surface area contributed by atoms with Crippen molar-refractivity contribution < 1.29 is 12.8 Å². The van der Waals surface area contributed by atoms with E-state index in [9.17, 15) is 8.42 Å². The van der Waals surface area contributed by atoms with Gasteiger partial charge in [0.25, 0.3) is 0 Å². The summed E-state index contributed by atoms with van der Waals surface area (Å²) in [7, 11) is -3.19. The van der Waals surface area contributed by atoms with Crippen LogP contribution in [0.1, 0.15) is 63.9 Å². The largest absolute Gasteiger partial charge is 0.464 e. The van der Waals surface area contributed by atoms with Crippen LogP contribution in [0.15, 0.2) is 16.5 Å². The lowest BCUT2D eigenvalue weighted by Crippen LogP contribution is -2.34. The van der Waals surface area contributed by atoms with Crippen LogP contribution in [-0.2, 0) is 16.6 Å². The molecule has 4 nitrogen and oxygen atoms in total. The SMILES string of the molecule is CC(C)CCS(=O)(=O)N(Cc1ccc(C2CC2C)o1)C1CC1. The summed E-state index contributed by atoms with van der Waals surface area (Å²) in [6.07, 6.45) is 3.86. The molecule has 2 saturated carbocycles. The molecule has 0 N–H and O–H groups in total. The third kappa shape index (κ3) is 3.74. The molecule has 22 heavy (non-hydrogen) atoms. The molecule has 2 atom stereocenters. The maximum absolute atomic E-state index is 12.6. The summed E-state index contributed by atoms with van der Waals surface area (Å²) in [5.74, 6) is 3.71. The van der Waals surface area contributed by atoms with Gasteiger partial charge in [-0.3, -0.25) is 0 Å². The molecule has 1 heterocycles. The molecule has 0 bridgehead atoms. The van der Waals surface area contributed by atoms with Crippen molar-refractivity contribution in [3.05, 3.63) is 23.7 Å². The summed E-state index contributed by atoms with van der Waals surface area (Å²) in [4.78, 5) is 0. The van der Waals surface area contributed by atoms with Crippen molar-refractivity contribution in [3.63, 3.8) is 0 Å². The molecule has 0 radical (unpaired) electrons. The number of rotatable bonds is 8. The van der Waals surface area contributed by atoms with Crippen LogP contribution in [-0.4, -0.2) is 24.5 Å². The highest BCUT2D eigenvalue weighted by Gasteiger charge is 2.39. The lowest BCUT2D eigenvalue weighted by atomic mass is 10.2. The van der Waals surface area contributed by atoms with Gasteiger partial charge in [-0.05, 0) is 49.7 Å². The number of hydrogen-bond acceptors (Lipinski definition) is 3. The predicted molar refractivity (Wildman–Crippen MR) is 87.0 cm³/mol. The van der Waals surface area contributed by atoms with Crippen LogP contribution in [0.25, 0.3) is 0 Å². The first-order valence-electron chi connectivity index (χ1n) is 8.45. The van der Waals surface area contributed by atoms with Gasteiger partial charge < -0.3 is 4.42 Å². The van der Waals surface area contributed by atoms with Crippen LogP contribution in [0.3, 0.4) is 0 Å². The van der Waals surface area contributed by atoms with Crippen molar-refractivity contribution in [2.45, 2.75) is 65.0 Å². The summed E-state index contributed by atoms with van der Waals surface area (Å²) in [6, 6.07) is 4.16. The van der Waals surface area contributed by atoms with Gasteiger partial charge in [-0.2, -0.15) is 4.31 Å². The normalized spacial score (nSPS) is 25.1. The fourth-order valence-corrected chi connectivity index (χ4v) is 4.86. The third-order valence-electron chi connectivity index (χ3n) is 4.73. The second-order valence-corrected chi connectivity index (χ2v) is 9.44. The Bertz CT molecular complexity index is 616. The molecule has 0 saturated heterocycles. The maximum Gasteiger partial charge on any atom is 0.214 e. The number of nitrogens with zero attached hydrogens (tertiary/aromatic N) is 1. The van der Waals surface area contributed by atoms with E-state index in [0.29, 0.717) is 30.7 Å². The average Bonchev–Trinajstić information content (AvgIpc) is 3.36. The topological polar surface area (TPSA) is 50.5 Å². The van der Waals surface area contributed by atoms with Gasteiger partial charge in [0, 0.05) is 12.0 Å². The summed E-state index contributed by atoms with van der Waals surface area (Å²) >= 11 is 0. The quantitative estimate of drug-likeness (QED) is 0.731. The van der Waals surface area contributed by atoms with Gasteiger partial charge in [-0.1, -0.05) is 20.8 Å². The van der Waals surface area contributed by atoms with Gasteiger partial charge in [-0.25, -0.2) is 8.42 Å². The zero-order chi connectivity index (χ0) is 15.9. The Morgan fingerprint density at radius 1 is 1.32 bits per heavy atom. The van der Waals surface area contributed by atoms with E-state index in [1.807, 2.05) is 12.1 Å². The Kier molecular flexibility index (Phi) is 4.38. The van der Waals surface area contributed by atoms with Crippen molar-refractivity contribution in [2.75, 3.05) is 5.75 Å². The fraction of sp³-hybridized carbons (Fsp3) is 0.765. The lowest BCUT2D eigenvalue weighted by molar-refractivity contribution is 0.346. The van der Waals surface area contributed by atoms with Crippen molar-refractivity contribution >= 4 is 10.0 Å². The van der Waals surface area contributed by atoms with Crippen LogP contribution in [0.4, 0.5) is 0 Å². The molecule has 1 aromatic heterocycles. The van der Waals surface area contributed by atoms with Gasteiger partial charge in [0.05, 0.1) is 12.3 Å². The van der Waals surface area contributed by atoms with Gasteiger partial charge in [0.1, 0.15) is 11.5 Å². The van der Waals surface area contributed by atoms with Gasteiger partial charge >= 0.3 is 0 Å². The Morgan fingerprint density at radius 3 is 2.55 bits per heavy atom. The highest BCUT2D eigenvalue weighted by atomic mass is 32.2. The predicted octanol–water partition coefficient (Wildman–Crippen LogP) is 3.74. The number of sulfonamides is 1. The first-order chi connectivity index (χ1) is 10.4. The molecule has 0 aromatic carbocycles. The minimum Gasteiger partial charge on any atom is -0.464 e. The van der Waals surface area contributed by atoms with Gasteiger partial charge in [0.15, 0.2) is 0 Å². The average molecular weight is 325 g/mol. The molecule has 5 heteroatoms. The van der Waals surface area contributed by atoms with Crippen molar-refractivity contribution in [2.24, 2.45) is 11.8 Å². The lowest BCUT2D eigenvalue weighted by Gasteiger charge is -2.21. The summed E-state index contributed by atoms with van der Waals surface area (Å²) < 4.78 is 32.8. The number of furan rings is 1. The summed E-state index contributed by atoms with van der Waals surface area (Å²) in [6.45, 7) is 6.74. The second kappa shape index (κ2) is 6.00. The number of hydrogen-bond donors (Lipinski definition) is 0. The molecule has 1 aromatic rings. The molecule has 124 valence electrons. The smallest absolute Gasteiger partial charge is 0.214 e. The molecular formula is C17H27NO3S. The Labute approximate surface area is 133 Å². The zero-order valence-electron chi connectivity index (χ0n) is 13.8. The van der Waals surface area contributed by atoms with Crippen molar-refractivity contribution in [3.8, 4) is 0 Å². The van der Waals surface area contributed by atoms with E-state index in [0.717, 1.165) is 24.4 Å². The van der Waals surface area contributed by atoms with E-state index in [1.54, 1.807) is 4.31 Å². The maximum atomic E-state index is 12.6. The summed E-state index contributed by atoms with van der Waals surface area (Å²) in [5.41, 5.74) is 0. The van der Waals surface area contributed by atoms with E-state index in [1.165, 1.54) is 6.42 Å². The summed E-state index contributed by atoms with van der Waals surface area (Å²) in [5, 5.41) is 0. The Balaban J connectivity index is 1.68. The molecule has 2 aliphatic carbocycles. The molecule has 0 amide bonds. The Hall–Kier alpha value is -0.810. The van der Waals surface area contributed by atoms with E-state index >= 15 is 0 Å². The second-order valence-electron chi connectivity index (χ2n) is 7.40. The highest BCUT2D eigenvalue weighted by Crippen LogP contribution is 2.47. The Morgan fingerprint density at radius 2 is 2.00 bits per heavy atom.